The van der Waals surface area contributed by atoms with E-state index in [0.717, 1.165) is 12.1 Å². The summed E-state index contributed by atoms with van der Waals surface area (Å²) in [7, 11) is 1.41. The maximum absolute atomic E-state index is 13.2. The monoisotopic (exact) mass is 524 g/mol. The average molecular weight is 524 g/mol. The number of carbonyl (C=O) groups is 2. The van der Waals surface area contributed by atoms with Crippen LogP contribution in [0.2, 0.25) is 0 Å². The van der Waals surface area contributed by atoms with Crippen molar-refractivity contribution in [2.45, 2.75) is 32.6 Å². The minimum atomic E-state index is -4.92. The van der Waals surface area contributed by atoms with Crippen LogP contribution in [-0.4, -0.2) is 51.0 Å². The Morgan fingerprint density at radius 1 is 1.28 bits per heavy atom. The lowest BCUT2D eigenvalue weighted by Crippen LogP contribution is -2.37. The van der Waals surface area contributed by atoms with Gasteiger partial charge in [-0.05, 0) is 37.6 Å². The smallest absolute Gasteiger partial charge is 0.372 e. The topological polar surface area (TPSA) is 133 Å². The largest absolute Gasteiger partial charge is 0.417 e. The van der Waals surface area contributed by atoms with Crippen LogP contribution in [0.25, 0.3) is 0 Å². The number of benzene rings is 1. The van der Waals surface area contributed by atoms with Gasteiger partial charge in [0.15, 0.2) is 0 Å². The Bertz CT molecular complexity index is 970. The molecule has 36 heavy (non-hydrogen) atoms. The lowest BCUT2D eigenvalue weighted by atomic mass is 10.1. The molecule has 4 N–H and O–H groups in total. The molecule has 9 nitrogen and oxygen atoms in total. The normalized spacial score (nSPS) is 12.0. The van der Waals surface area contributed by atoms with Crippen LogP contribution in [0.4, 0.5) is 36.8 Å². The third kappa shape index (κ3) is 12.5. The van der Waals surface area contributed by atoms with Crippen molar-refractivity contribution in [2.75, 3.05) is 31.6 Å². The van der Waals surface area contributed by atoms with Crippen LogP contribution in [0.3, 0.4) is 0 Å². The number of nitriles is 1. The van der Waals surface area contributed by atoms with Gasteiger partial charge in [-0.1, -0.05) is 12.1 Å². The van der Waals surface area contributed by atoms with Gasteiger partial charge in [0.25, 0.3) is 0 Å². The van der Waals surface area contributed by atoms with Crippen molar-refractivity contribution in [3.05, 3.63) is 41.2 Å². The Morgan fingerprint density at radius 3 is 2.36 bits per heavy atom. The van der Waals surface area contributed by atoms with Gasteiger partial charge in [0.2, 0.25) is 6.41 Å². The summed E-state index contributed by atoms with van der Waals surface area (Å²) in [5.41, 5.74) is 1.76. The minimum Gasteiger partial charge on any atom is -0.372 e. The molecule has 0 aromatic heterocycles. The van der Waals surface area contributed by atoms with Crippen molar-refractivity contribution >= 4 is 23.8 Å². The Morgan fingerprint density at radius 2 is 1.89 bits per heavy atom. The second kappa shape index (κ2) is 15.1. The standard InChI is InChI=1S/C20H23F6N5O2.CH3NO/c1-4-5-16(10-29-18(32)28-3)33-30-13(2)11-31(12-19(21,22)23)15-7-6-14(9-27)17(8-15)20(24,25)26;2-1-3/h5-8H,4,10-12H2,1-3H3,(H2,28,29,32);1H,(H2,2,3)/b16-5+,30-13+;. The number of alkyl halides is 6. The fourth-order valence-electron chi connectivity index (χ4n) is 2.58. The number of nitrogens with one attached hydrogen (secondary N) is 2. The predicted octanol–water partition coefficient (Wildman–Crippen LogP) is 3.66. The molecule has 0 bridgehead atoms. The quantitative estimate of drug-likeness (QED) is 0.149. The molecule has 0 saturated heterocycles. The first-order valence-electron chi connectivity index (χ1n) is 10.2. The van der Waals surface area contributed by atoms with Crippen LogP contribution < -0.4 is 21.3 Å². The van der Waals surface area contributed by atoms with Crippen LogP contribution in [0, 0.1) is 11.3 Å². The lowest BCUT2D eigenvalue weighted by Gasteiger charge is -2.26. The molecule has 0 heterocycles. The van der Waals surface area contributed by atoms with E-state index >= 15 is 0 Å². The highest BCUT2D eigenvalue weighted by Gasteiger charge is 2.36. The second-order valence-corrected chi connectivity index (χ2v) is 6.88. The Labute approximate surface area is 203 Å². The lowest BCUT2D eigenvalue weighted by molar-refractivity contribution is -0.137. The van der Waals surface area contributed by atoms with Crippen molar-refractivity contribution in [1.82, 2.24) is 10.6 Å². The number of amides is 3. The molecule has 3 amide bonds. The van der Waals surface area contributed by atoms with Crippen molar-refractivity contribution in [3.63, 3.8) is 0 Å². The summed E-state index contributed by atoms with van der Waals surface area (Å²) in [5, 5.41) is 17.4. The van der Waals surface area contributed by atoms with E-state index in [9.17, 15) is 31.1 Å². The van der Waals surface area contributed by atoms with E-state index in [1.807, 2.05) is 0 Å². The first-order chi connectivity index (χ1) is 16.7. The van der Waals surface area contributed by atoms with E-state index in [-0.39, 0.29) is 30.1 Å². The molecular formula is C21H26F6N6O3. The molecular weight excluding hydrogens is 498 g/mol. The minimum absolute atomic E-state index is 0.0270. The number of primary amides is 1. The summed E-state index contributed by atoms with van der Waals surface area (Å²) in [6, 6.07) is 3.21. The molecule has 0 atom stereocenters. The van der Waals surface area contributed by atoms with E-state index in [2.05, 4.69) is 21.5 Å². The Balaban J connectivity index is 0.00000387. The van der Waals surface area contributed by atoms with E-state index in [4.69, 9.17) is 14.9 Å². The summed E-state index contributed by atoms with van der Waals surface area (Å²) in [4.78, 5) is 25.7. The Kier molecular flexibility index (Phi) is 13.5. The van der Waals surface area contributed by atoms with Gasteiger partial charge >= 0.3 is 18.4 Å². The molecule has 0 aliphatic heterocycles. The van der Waals surface area contributed by atoms with Gasteiger partial charge in [-0.3, -0.25) is 4.79 Å². The van der Waals surface area contributed by atoms with Crippen LogP contribution >= 0.6 is 0 Å². The van der Waals surface area contributed by atoms with E-state index in [1.54, 1.807) is 13.0 Å². The number of rotatable bonds is 9. The van der Waals surface area contributed by atoms with Crippen LogP contribution in [0.15, 0.2) is 35.2 Å². The first kappa shape index (κ1) is 32.0. The number of allylic oxidation sites excluding steroid dienone is 1. The zero-order valence-corrected chi connectivity index (χ0v) is 19.6. The van der Waals surface area contributed by atoms with Crippen molar-refractivity contribution in [1.29, 1.82) is 5.26 Å². The molecule has 0 aliphatic rings. The fraction of sp³-hybridized carbons (Fsp3) is 0.429. The number of nitrogens with zero attached hydrogens (tertiary/aromatic N) is 3. The van der Waals surface area contributed by atoms with Gasteiger partial charge in [-0.15, -0.1) is 0 Å². The molecule has 0 unspecified atom stereocenters. The third-order valence-corrected chi connectivity index (χ3v) is 3.98. The summed E-state index contributed by atoms with van der Waals surface area (Å²) in [5.74, 6) is 0.223. The highest BCUT2D eigenvalue weighted by Crippen LogP contribution is 2.35. The molecule has 1 aromatic carbocycles. The van der Waals surface area contributed by atoms with Crippen molar-refractivity contribution in [2.24, 2.45) is 10.9 Å². The highest BCUT2D eigenvalue weighted by molar-refractivity contribution is 5.86. The number of oxime groups is 1. The molecule has 0 aliphatic carbocycles. The molecule has 15 heteroatoms. The molecule has 0 saturated carbocycles. The first-order valence-corrected chi connectivity index (χ1v) is 10.2. The average Bonchev–Trinajstić information content (AvgIpc) is 2.78. The number of halogens is 6. The maximum atomic E-state index is 13.2. The number of carbonyl (C=O) groups excluding carboxylic acids is 2. The van der Waals surface area contributed by atoms with Gasteiger partial charge in [0.05, 0.1) is 36.0 Å². The van der Waals surface area contributed by atoms with Gasteiger partial charge in [-0.25, -0.2) is 4.79 Å². The molecule has 1 rings (SSSR count). The van der Waals surface area contributed by atoms with E-state index in [1.165, 1.54) is 20.0 Å². The highest BCUT2D eigenvalue weighted by atomic mass is 19.4. The number of anilines is 1. The number of nitrogens with two attached hydrogens (primary N) is 1. The summed E-state index contributed by atoms with van der Waals surface area (Å²) in [6.07, 6.45) is -7.28. The number of hydrogen-bond acceptors (Lipinski definition) is 6. The van der Waals surface area contributed by atoms with Crippen LogP contribution in [-0.2, 0) is 15.8 Å². The van der Waals surface area contributed by atoms with Gasteiger partial charge in [-0.2, -0.15) is 31.6 Å². The molecule has 0 spiro atoms. The summed E-state index contributed by atoms with van der Waals surface area (Å²) >= 11 is 0. The maximum Gasteiger partial charge on any atom is 0.417 e. The zero-order chi connectivity index (χ0) is 27.9. The van der Waals surface area contributed by atoms with E-state index < -0.39 is 42.6 Å². The predicted molar refractivity (Wildman–Crippen MR) is 120 cm³/mol. The SMILES string of the molecule is CC/C=C(\CNC(=O)NC)O/N=C(\C)CN(CC(F)(F)F)c1ccc(C#N)c(C(F)(F)F)c1.NC=O. The molecule has 1 aromatic rings. The van der Waals surface area contributed by atoms with Crippen molar-refractivity contribution in [3.8, 4) is 6.07 Å². The van der Waals surface area contributed by atoms with E-state index in [0.29, 0.717) is 17.4 Å². The fourth-order valence-corrected chi connectivity index (χ4v) is 2.58. The molecule has 200 valence electrons. The van der Waals surface area contributed by atoms with Crippen LogP contribution in [0.1, 0.15) is 31.4 Å². The van der Waals surface area contributed by atoms with Crippen molar-refractivity contribution < 1.29 is 40.8 Å². The Hall–Kier alpha value is -3.96. The summed E-state index contributed by atoms with van der Waals surface area (Å²) in [6.45, 7) is 1.02. The number of hydrogen-bond donors (Lipinski definition) is 3. The van der Waals surface area contributed by atoms with Gasteiger partial charge in [0.1, 0.15) is 12.3 Å². The summed E-state index contributed by atoms with van der Waals surface area (Å²) < 4.78 is 79.0. The van der Waals surface area contributed by atoms with Crippen LogP contribution in [0.5, 0.6) is 0 Å². The van der Waals surface area contributed by atoms with Gasteiger partial charge in [0, 0.05) is 12.7 Å². The third-order valence-electron chi connectivity index (χ3n) is 3.98. The zero-order valence-electron chi connectivity index (χ0n) is 19.6. The second-order valence-electron chi connectivity index (χ2n) is 6.88. The van der Waals surface area contributed by atoms with Gasteiger partial charge < -0.3 is 26.1 Å². The molecule has 0 radical (unpaired) electrons. The number of urea groups is 1. The molecule has 0 fully saturated rings.